The van der Waals surface area contributed by atoms with Crippen molar-refractivity contribution in [1.29, 1.82) is 0 Å². The summed E-state index contributed by atoms with van der Waals surface area (Å²) in [5.74, 6) is -2.21. The highest BCUT2D eigenvalue weighted by Crippen LogP contribution is 2.47. The molecule has 0 amide bonds. The maximum Gasteiger partial charge on any atom is 0.309 e. The molecular weight excluding hydrogens is 748 g/mol. The highest BCUT2D eigenvalue weighted by atomic mass is 16.6. The zero-order valence-corrected chi connectivity index (χ0v) is 34.4. The van der Waals surface area contributed by atoms with Crippen molar-refractivity contribution in [3.63, 3.8) is 0 Å². The fourth-order valence-corrected chi connectivity index (χ4v) is 10.7. The molecule has 312 valence electrons. The van der Waals surface area contributed by atoms with Gasteiger partial charge in [0, 0.05) is 90.2 Å². The van der Waals surface area contributed by atoms with Gasteiger partial charge in [0.05, 0.1) is 50.1 Å². The van der Waals surface area contributed by atoms with Crippen LogP contribution in [0.5, 0.6) is 23.0 Å². The summed E-state index contributed by atoms with van der Waals surface area (Å²) in [6, 6.07) is 11.8. The Morgan fingerprint density at radius 1 is 0.483 bits per heavy atom. The van der Waals surface area contributed by atoms with Crippen LogP contribution in [0.15, 0.2) is 36.4 Å². The maximum atomic E-state index is 13.3. The van der Waals surface area contributed by atoms with Crippen molar-refractivity contribution in [3.8, 4) is 23.0 Å². The van der Waals surface area contributed by atoms with Crippen LogP contribution in [-0.2, 0) is 51.3 Å². The first-order chi connectivity index (χ1) is 27.5. The van der Waals surface area contributed by atoms with Crippen molar-refractivity contribution in [2.45, 2.75) is 141 Å². The van der Waals surface area contributed by atoms with Crippen molar-refractivity contribution in [2.24, 2.45) is 11.8 Å². The van der Waals surface area contributed by atoms with Crippen LogP contribution in [0.3, 0.4) is 0 Å². The van der Waals surface area contributed by atoms with Gasteiger partial charge in [-0.15, -0.1) is 0 Å². The first-order valence-electron chi connectivity index (χ1n) is 20.6. The largest absolute Gasteiger partial charge is 0.462 e. The molecule has 4 heterocycles. The summed E-state index contributed by atoms with van der Waals surface area (Å²) in [5, 5.41) is 0. The topological polar surface area (TPSA) is 158 Å². The number of ether oxygens (including phenoxy) is 6. The highest BCUT2D eigenvalue weighted by Gasteiger charge is 2.55. The zero-order chi connectivity index (χ0) is 41.5. The van der Waals surface area contributed by atoms with E-state index in [2.05, 4.69) is 14.1 Å². The van der Waals surface area contributed by atoms with E-state index in [1.54, 1.807) is 24.3 Å². The normalized spacial score (nSPS) is 32.0. The average molecular weight is 805 g/mol. The second kappa shape index (κ2) is 16.4. The minimum atomic E-state index is -0.499. The Labute approximate surface area is 339 Å². The Balaban J connectivity index is 0.878. The standard InChI is InChI=1S/C44H56N2O12/c1-25(47)53-39-13-7-29(15-41(39)55-27(3)49)23-45(5)33-9-10-34(45)20-37(19-33)57-43(51)31-17-32(18-31)44(52)58-38-21-35-11-12-36(22-38)46(35,6)24-30-8-14-40(54-26(2)48)42(16-30)56-28(4)50/h7-8,13-16,31-38H,9-12,17-24H2,1-6H3/q+2/t31?,32?,33-,34+,35-,36+,37?,38?,45?,46?. The van der Waals surface area contributed by atoms with E-state index in [1.165, 1.54) is 27.7 Å². The molecule has 1 saturated carbocycles. The molecule has 14 nitrogen and oxygen atoms in total. The fourth-order valence-electron chi connectivity index (χ4n) is 10.7. The summed E-state index contributed by atoms with van der Waals surface area (Å²) >= 11 is 0. The molecule has 0 aromatic heterocycles. The van der Waals surface area contributed by atoms with Crippen LogP contribution >= 0.6 is 0 Å². The van der Waals surface area contributed by atoms with Gasteiger partial charge in [0.25, 0.3) is 0 Å². The number of carbonyl (C=O) groups is 6. The van der Waals surface area contributed by atoms with Gasteiger partial charge in [-0.1, -0.05) is 0 Å². The summed E-state index contributed by atoms with van der Waals surface area (Å²) in [5.41, 5.74) is 1.92. The summed E-state index contributed by atoms with van der Waals surface area (Å²) in [7, 11) is 4.47. The smallest absolute Gasteiger partial charge is 0.309 e. The van der Waals surface area contributed by atoms with E-state index in [9.17, 15) is 28.8 Å². The molecule has 5 fully saturated rings. The van der Waals surface area contributed by atoms with Gasteiger partial charge in [-0.2, -0.15) is 0 Å². The molecule has 0 radical (unpaired) electrons. The molecule has 0 N–H and O–H groups in total. The lowest BCUT2D eigenvalue weighted by Crippen LogP contribution is -2.58. The van der Waals surface area contributed by atoms with E-state index < -0.39 is 23.9 Å². The SMILES string of the molecule is CC(=O)Oc1ccc(C[N+]2(C)[C@@H]3CC[C@H]2CC(OC(=O)C2CC(C(=O)OC4C[C@H]5CC[C@@H](C4)[N+]5(C)Cc4ccc(OC(C)=O)c(OC(C)=O)c4)C2)C3)cc1OC(C)=O. The number of esters is 6. The second-order valence-corrected chi connectivity index (χ2v) is 17.6. The third-order valence-corrected chi connectivity index (χ3v) is 13.6. The van der Waals surface area contributed by atoms with Gasteiger partial charge in [-0.05, 0) is 49.2 Å². The molecule has 4 saturated heterocycles. The van der Waals surface area contributed by atoms with E-state index in [0.29, 0.717) is 50.1 Å². The van der Waals surface area contributed by atoms with E-state index in [0.717, 1.165) is 71.5 Å². The van der Waals surface area contributed by atoms with Crippen molar-refractivity contribution < 1.29 is 66.2 Å². The number of carbonyl (C=O) groups excluding carboxylic acids is 6. The lowest BCUT2D eigenvalue weighted by atomic mass is 9.75. The van der Waals surface area contributed by atoms with Crippen LogP contribution in [-0.4, -0.2) is 95.3 Å². The molecule has 2 aromatic rings. The van der Waals surface area contributed by atoms with Gasteiger partial charge in [-0.25, -0.2) is 0 Å². The summed E-state index contributed by atoms with van der Waals surface area (Å²) in [4.78, 5) is 73.3. The lowest BCUT2D eigenvalue weighted by Gasteiger charge is -2.47. The number of nitrogens with zero attached hydrogens (tertiary/aromatic N) is 2. The molecule has 58 heavy (non-hydrogen) atoms. The second-order valence-electron chi connectivity index (χ2n) is 17.6. The number of hydrogen-bond acceptors (Lipinski definition) is 12. The predicted molar refractivity (Wildman–Crippen MR) is 206 cm³/mol. The molecule has 5 aliphatic rings. The Morgan fingerprint density at radius 2 is 0.793 bits per heavy atom. The summed E-state index contributed by atoms with van der Waals surface area (Å²) in [6.45, 7) is 6.61. The number of hydrogen-bond donors (Lipinski definition) is 0. The van der Waals surface area contributed by atoms with Gasteiger partial charge in [0.2, 0.25) is 0 Å². The minimum Gasteiger partial charge on any atom is -0.462 e. The number of fused-ring (bicyclic) bond motifs is 4. The third-order valence-electron chi connectivity index (χ3n) is 13.6. The van der Waals surface area contributed by atoms with Crippen molar-refractivity contribution in [2.75, 3.05) is 14.1 Å². The van der Waals surface area contributed by atoms with E-state index in [4.69, 9.17) is 28.4 Å². The van der Waals surface area contributed by atoms with Gasteiger partial charge in [0.1, 0.15) is 25.3 Å². The monoisotopic (exact) mass is 804 g/mol. The van der Waals surface area contributed by atoms with Crippen LogP contribution in [0.1, 0.15) is 103 Å². The van der Waals surface area contributed by atoms with Crippen LogP contribution < -0.4 is 18.9 Å². The molecule has 4 bridgehead atoms. The summed E-state index contributed by atoms with van der Waals surface area (Å²) in [6.07, 6.45) is 7.68. The van der Waals surface area contributed by atoms with Gasteiger partial charge >= 0.3 is 35.8 Å². The van der Waals surface area contributed by atoms with E-state index in [-0.39, 0.29) is 59.0 Å². The van der Waals surface area contributed by atoms with Gasteiger partial charge in [0.15, 0.2) is 23.0 Å². The Morgan fingerprint density at radius 3 is 1.10 bits per heavy atom. The Bertz CT molecular complexity index is 1810. The number of rotatable bonds is 12. The van der Waals surface area contributed by atoms with Crippen LogP contribution in [0.2, 0.25) is 0 Å². The van der Waals surface area contributed by atoms with Gasteiger partial charge < -0.3 is 37.4 Å². The molecule has 4 unspecified atom stereocenters. The van der Waals surface area contributed by atoms with Crippen LogP contribution in [0, 0.1) is 11.8 Å². The summed E-state index contributed by atoms with van der Waals surface area (Å²) < 4.78 is 35.0. The molecule has 7 rings (SSSR count). The van der Waals surface area contributed by atoms with E-state index in [1.807, 2.05) is 12.1 Å². The molecular formula is C44H56N2O12+2. The number of piperidine rings is 2. The quantitative estimate of drug-likeness (QED) is 0.151. The number of quaternary nitrogens is 2. The van der Waals surface area contributed by atoms with Crippen molar-refractivity contribution >= 4 is 35.8 Å². The predicted octanol–water partition coefficient (Wildman–Crippen LogP) is 5.48. The molecule has 0 spiro atoms. The van der Waals surface area contributed by atoms with Crippen molar-refractivity contribution in [1.82, 2.24) is 0 Å². The molecule has 14 heteroatoms. The van der Waals surface area contributed by atoms with Crippen LogP contribution in [0.4, 0.5) is 0 Å². The Hall–Kier alpha value is -4.82. The average Bonchev–Trinajstić information content (AvgIpc) is 3.33. The van der Waals surface area contributed by atoms with Crippen LogP contribution in [0.25, 0.3) is 0 Å². The van der Waals surface area contributed by atoms with Gasteiger partial charge in [-0.3, -0.25) is 28.8 Å². The lowest BCUT2D eigenvalue weighted by molar-refractivity contribution is -0.961. The third kappa shape index (κ3) is 8.78. The molecule has 1 aliphatic carbocycles. The maximum absolute atomic E-state index is 13.3. The highest BCUT2D eigenvalue weighted by molar-refractivity contribution is 5.80. The van der Waals surface area contributed by atoms with E-state index >= 15 is 0 Å². The molecule has 8 atom stereocenters. The Kier molecular flexibility index (Phi) is 11.7. The first kappa shape index (κ1) is 41.3. The molecule has 2 aromatic carbocycles. The zero-order valence-electron chi connectivity index (χ0n) is 34.4. The minimum absolute atomic E-state index is 0.171. The number of benzene rings is 2. The molecule has 4 aliphatic heterocycles. The van der Waals surface area contributed by atoms with Crippen molar-refractivity contribution in [3.05, 3.63) is 47.5 Å². The fraction of sp³-hybridized carbons (Fsp3) is 0.591. The first-order valence-corrected chi connectivity index (χ1v) is 20.6.